The van der Waals surface area contributed by atoms with Gasteiger partial charge in [0.25, 0.3) is 0 Å². The molecule has 1 N–H and O–H groups in total. The number of carbonyl (C=O) groups is 1. The molecule has 120 valence electrons. The number of anilines is 1. The van der Waals surface area contributed by atoms with Gasteiger partial charge in [0.2, 0.25) is 12.7 Å². The molecule has 0 fully saturated rings. The van der Waals surface area contributed by atoms with Crippen molar-refractivity contribution in [3.05, 3.63) is 60.7 Å². The maximum atomic E-state index is 12.2. The average Bonchev–Trinajstić information content (AvgIpc) is 3.26. The normalized spacial score (nSPS) is 12.2. The molecule has 7 nitrogen and oxygen atoms in total. The summed E-state index contributed by atoms with van der Waals surface area (Å²) in [6.45, 7) is 0.225. The number of carbonyl (C=O) groups excluding carboxylic acids is 1. The van der Waals surface area contributed by atoms with E-state index in [9.17, 15) is 4.79 Å². The van der Waals surface area contributed by atoms with Crippen LogP contribution in [-0.4, -0.2) is 27.5 Å². The fourth-order valence-electron chi connectivity index (χ4n) is 2.48. The number of aromatic nitrogens is 3. The van der Waals surface area contributed by atoms with Gasteiger partial charge in [0.05, 0.1) is 12.1 Å². The van der Waals surface area contributed by atoms with Crippen molar-refractivity contribution in [2.45, 2.75) is 6.42 Å². The van der Waals surface area contributed by atoms with Gasteiger partial charge < -0.3 is 14.8 Å². The second-order valence-corrected chi connectivity index (χ2v) is 5.30. The third kappa shape index (κ3) is 2.91. The molecule has 7 heteroatoms. The van der Waals surface area contributed by atoms with E-state index in [1.807, 2.05) is 42.5 Å². The highest BCUT2D eigenvalue weighted by molar-refractivity contribution is 5.92. The SMILES string of the molecule is O=C(Cc1ccc2c(c1)OCO2)Nc1ccc(-n2cncn2)cc1. The number of benzene rings is 2. The first-order valence-corrected chi connectivity index (χ1v) is 7.41. The minimum atomic E-state index is -0.0950. The van der Waals surface area contributed by atoms with Crippen LogP contribution in [0.4, 0.5) is 5.69 Å². The van der Waals surface area contributed by atoms with E-state index in [0.29, 0.717) is 11.5 Å². The molecule has 0 saturated heterocycles. The van der Waals surface area contributed by atoms with Crippen molar-refractivity contribution >= 4 is 11.6 Å². The summed E-state index contributed by atoms with van der Waals surface area (Å²) in [6.07, 6.45) is 3.36. The Bertz CT molecular complexity index is 860. The van der Waals surface area contributed by atoms with E-state index in [0.717, 1.165) is 16.9 Å². The number of fused-ring (bicyclic) bond motifs is 1. The van der Waals surface area contributed by atoms with E-state index in [-0.39, 0.29) is 19.1 Å². The summed E-state index contributed by atoms with van der Waals surface area (Å²) in [4.78, 5) is 16.1. The summed E-state index contributed by atoms with van der Waals surface area (Å²) in [7, 11) is 0. The lowest BCUT2D eigenvalue weighted by Crippen LogP contribution is -2.14. The Hall–Kier alpha value is -3.35. The Morgan fingerprint density at radius 2 is 1.96 bits per heavy atom. The van der Waals surface area contributed by atoms with Crippen molar-refractivity contribution in [3.8, 4) is 17.2 Å². The molecule has 0 radical (unpaired) electrons. The number of nitrogens with zero attached hydrogens (tertiary/aromatic N) is 3. The van der Waals surface area contributed by atoms with Gasteiger partial charge in [-0.1, -0.05) is 6.07 Å². The van der Waals surface area contributed by atoms with E-state index in [1.54, 1.807) is 11.0 Å². The molecule has 3 aromatic rings. The van der Waals surface area contributed by atoms with Crippen LogP contribution < -0.4 is 14.8 Å². The molecule has 1 amide bonds. The molecule has 24 heavy (non-hydrogen) atoms. The summed E-state index contributed by atoms with van der Waals surface area (Å²) in [5, 5.41) is 6.93. The van der Waals surface area contributed by atoms with E-state index in [2.05, 4.69) is 15.4 Å². The van der Waals surface area contributed by atoms with Crippen LogP contribution in [0.3, 0.4) is 0 Å². The first-order chi connectivity index (χ1) is 11.8. The number of hydrogen-bond donors (Lipinski definition) is 1. The molecule has 0 atom stereocenters. The first kappa shape index (κ1) is 14.3. The number of hydrogen-bond acceptors (Lipinski definition) is 5. The van der Waals surface area contributed by atoms with E-state index < -0.39 is 0 Å². The molecular formula is C17H14N4O3. The van der Waals surface area contributed by atoms with Crippen molar-refractivity contribution in [1.29, 1.82) is 0 Å². The highest BCUT2D eigenvalue weighted by Crippen LogP contribution is 2.32. The highest BCUT2D eigenvalue weighted by atomic mass is 16.7. The molecule has 1 aliphatic rings. The number of rotatable bonds is 4. The topological polar surface area (TPSA) is 78.3 Å². The zero-order chi connectivity index (χ0) is 16.4. The Morgan fingerprint density at radius 3 is 2.75 bits per heavy atom. The first-order valence-electron chi connectivity index (χ1n) is 7.41. The zero-order valence-electron chi connectivity index (χ0n) is 12.7. The van der Waals surface area contributed by atoms with Crippen LogP contribution in [-0.2, 0) is 11.2 Å². The third-order valence-corrected chi connectivity index (χ3v) is 3.64. The monoisotopic (exact) mass is 322 g/mol. The van der Waals surface area contributed by atoms with Gasteiger partial charge in [0.1, 0.15) is 12.7 Å². The second kappa shape index (κ2) is 6.04. The van der Waals surface area contributed by atoms with Gasteiger partial charge in [-0.15, -0.1) is 0 Å². The number of nitrogens with one attached hydrogen (secondary N) is 1. The van der Waals surface area contributed by atoms with Gasteiger partial charge in [-0.2, -0.15) is 5.10 Å². The van der Waals surface area contributed by atoms with Crippen LogP contribution >= 0.6 is 0 Å². The molecule has 1 aliphatic heterocycles. The Kier molecular flexibility index (Phi) is 3.59. The lowest BCUT2D eigenvalue weighted by Gasteiger charge is -2.07. The average molecular weight is 322 g/mol. The molecule has 0 spiro atoms. The molecule has 2 heterocycles. The summed E-state index contributed by atoms with van der Waals surface area (Å²) in [5.41, 5.74) is 2.47. The van der Waals surface area contributed by atoms with Gasteiger partial charge >= 0.3 is 0 Å². The standard InChI is InChI=1S/C17H14N4O3/c22-17(8-12-1-6-15-16(7-12)24-11-23-15)20-13-2-4-14(5-3-13)21-10-18-9-19-21/h1-7,9-10H,8,11H2,(H,20,22). The van der Waals surface area contributed by atoms with Crippen LogP contribution in [0.25, 0.3) is 5.69 Å². The van der Waals surface area contributed by atoms with Gasteiger partial charge in [-0.3, -0.25) is 4.79 Å². The maximum absolute atomic E-state index is 12.2. The largest absolute Gasteiger partial charge is 0.454 e. The molecule has 0 unspecified atom stereocenters. The predicted octanol–water partition coefficient (Wildman–Crippen LogP) is 2.18. The minimum Gasteiger partial charge on any atom is -0.454 e. The summed E-state index contributed by atoms with van der Waals surface area (Å²) in [5.74, 6) is 1.29. The van der Waals surface area contributed by atoms with Gasteiger partial charge in [-0.25, -0.2) is 9.67 Å². The highest BCUT2D eigenvalue weighted by Gasteiger charge is 2.14. The van der Waals surface area contributed by atoms with Crippen molar-refractivity contribution in [2.75, 3.05) is 12.1 Å². The Morgan fingerprint density at radius 1 is 1.12 bits per heavy atom. The zero-order valence-corrected chi connectivity index (χ0v) is 12.7. The molecule has 0 saturated carbocycles. The third-order valence-electron chi connectivity index (χ3n) is 3.64. The van der Waals surface area contributed by atoms with Crippen LogP contribution in [0.2, 0.25) is 0 Å². The number of amides is 1. The maximum Gasteiger partial charge on any atom is 0.231 e. The van der Waals surface area contributed by atoms with E-state index in [4.69, 9.17) is 9.47 Å². The smallest absolute Gasteiger partial charge is 0.231 e. The fourth-order valence-corrected chi connectivity index (χ4v) is 2.48. The predicted molar refractivity (Wildman–Crippen MR) is 86.3 cm³/mol. The van der Waals surface area contributed by atoms with E-state index >= 15 is 0 Å². The fraction of sp³-hybridized carbons (Fsp3) is 0.118. The van der Waals surface area contributed by atoms with Crippen molar-refractivity contribution in [3.63, 3.8) is 0 Å². The summed E-state index contributed by atoms with van der Waals surface area (Å²) < 4.78 is 12.2. The molecule has 4 rings (SSSR count). The quantitative estimate of drug-likeness (QED) is 0.796. The molecule has 0 bridgehead atoms. The second-order valence-electron chi connectivity index (χ2n) is 5.30. The lowest BCUT2D eigenvalue weighted by molar-refractivity contribution is -0.115. The van der Waals surface area contributed by atoms with Crippen molar-refractivity contribution < 1.29 is 14.3 Å². The van der Waals surface area contributed by atoms with Gasteiger partial charge in [0.15, 0.2) is 11.5 Å². The summed E-state index contributed by atoms with van der Waals surface area (Å²) in [6, 6.07) is 12.9. The van der Waals surface area contributed by atoms with Crippen LogP contribution in [0.1, 0.15) is 5.56 Å². The van der Waals surface area contributed by atoms with Crippen molar-refractivity contribution in [2.24, 2.45) is 0 Å². The van der Waals surface area contributed by atoms with Crippen LogP contribution in [0.15, 0.2) is 55.1 Å². The lowest BCUT2D eigenvalue weighted by atomic mass is 10.1. The minimum absolute atomic E-state index is 0.0950. The molecule has 0 aliphatic carbocycles. The molecular weight excluding hydrogens is 308 g/mol. The Balaban J connectivity index is 1.41. The molecule has 1 aromatic heterocycles. The summed E-state index contributed by atoms with van der Waals surface area (Å²) >= 11 is 0. The van der Waals surface area contributed by atoms with Gasteiger partial charge in [0, 0.05) is 5.69 Å². The van der Waals surface area contributed by atoms with Gasteiger partial charge in [-0.05, 0) is 42.0 Å². The van der Waals surface area contributed by atoms with Crippen molar-refractivity contribution in [1.82, 2.24) is 14.8 Å². The number of ether oxygens (including phenoxy) is 2. The van der Waals surface area contributed by atoms with Crippen LogP contribution in [0.5, 0.6) is 11.5 Å². The van der Waals surface area contributed by atoms with Crippen LogP contribution in [0, 0.1) is 0 Å². The Labute approximate surface area is 137 Å². The molecule has 2 aromatic carbocycles. The van der Waals surface area contributed by atoms with E-state index in [1.165, 1.54) is 6.33 Å².